The van der Waals surface area contributed by atoms with E-state index in [2.05, 4.69) is 15.6 Å². The Bertz CT molecular complexity index is 1410. The average molecular weight is 571 g/mol. The van der Waals surface area contributed by atoms with E-state index in [-0.39, 0.29) is 23.5 Å². The highest BCUT2D eigenvalue weighted by atomic mass is 16.5. The Labute approximate surface area is 248 Å². The lowest BCUT2D eigenvalue weighted by Crippen LogP contribution is -2.58. The van der Waals surface area contributed by atoms with Crippen molar-refractivity contribution in [1.29, 1.82) is 0 Å². The number of anilines is 1. The Morgan fingerprint density at radius 1 is 1.00 bits per heavy atom. The van der Waals surface area contributed by atoms with Crippen molar-refractivity contribution in [3.8, 4) is 22.3 Å². The van der Waals surface area contributed by atoms with Gasteiger partial charge in [0, 0.05) is 29.3 Å². The van der Waals surface area contributed by atoms with Crippen LogP contribution in [0.4, 0.5) is 10.6 Å². The summed E-state index contributed by atoms with van der Waals surface area (Å²) < 4.78 is 5.04. The summed E-state index contributed by atoms with van der Waals surface area (Å²) in [5, 5.41) is 16.2. The van der Waals surface area contributed by atoms with E-state index >= 15 is 0 Å². The highest BCUT2D eigenvalue weighted by molar-refractivity contribution is 5.92. The summed E-state index contributed by atoms with van der Waals surface area (Å²) in [6.07, 6.45) is 6.24. The summed E-state index contributed by atoms with van der Waals surface area (Å²) in [6, 6.07) is 20.2. The van der Waals surface area contributed by atoms with Crippen LogP contribution >= 0.6 is 0 Å². The number of hydrogen-bond acceptors (Lipinski definition) is 6. The van der Waals surface area contributed by atoms with Gasteiger partial charge in [-0.3, -0.25) is 4.79 Å². The molecule has 0 bridgehead atoms. The maximum Gasteiger partial charge on any atom is 0.407 e. The van der Waals surface area contributed by atoms with Crippen LogP contribution < -0.4 is 16.4 Å². The summed E-state index contributed by atoms with van der Waals surface area (Å²) in [4.78, 5) is 29.6. The van der Waals surface area contributed by atoms with Gasteiger partial charge in [-0.25, -0.2) is 9.78 Å². The lowest BCUT2D eigenvalue weighted by molar-refractivity contribution is -0.117. The Balaban J connectivity index is 1.27. The van der Waals surface area contributed by atoms with Gasteiger partial charge in [-0.15, -0.1) is 0 Å². The van der Waals surface area contributed by atoms with Crippen LogP contribution in [0.15, 0.2) is 66.9 Å². The Morgan fingerprint density at radius 3 is 2.26 bits per heavy atom. The third-order valence-corrected chi connectivity index (χ3v) is 8.78. The van der Waals surface area contributed by atoms with Crippen molar-refractivity contribution in [3.63, 3.8) is 0 Å². The van der Waals surface area contributed by atoms with Crippen molar-refractivity contribution in [3.05, 3.63) is 72.4 Å². The number of aromatic nitrogens is 1. The Kier molecular flexibility index (Phi) is 8.39. The van der Waals surface area contributed by atoms with E-state index in [1.165, 1.54) is 0 Å². The molecule has 1 heterocycles. The molecule has 0 unspecified atom stereocenters. The van der Waals surface area contributed by atoms with Gasteiger partial charge in [0.05, 0.1) is 12.2 Å². The molecular weight excluding hydrogens is 528 g/mol. The zero-order valence-electron chi connectivity index (χ0n) is 24.8. The van der Waals surface area contributed by atoms with E-state index in [9.17, 15) is 14.7 Å². The zero-order valence-corrected chi connectivity index (χ0v) is 24.8. The van der Waals surface area contributed by atoms with Crippen molar-refractivity contribution in [2.24, 2.45) is 11.7 Å². The molecule has 0 radical (unpaired) electrons. The second-order valence-electron chi connectivity index (χ2n) is 12.7. The van der Waals surface area contributed by atoms with E-state index < -0.39 is 11.1 Å². The first kappa shape index (κ1) is 29.7. The molecular formula is C34H42N4O4. The van der Waals surface area contributed by atoms with Crippen LogP contribution in [0.25, 0.3) is 22.3 Å². The predicted molar refractivity (Wildman–Crippen MR) is 165 cm³/mol. The van der Waals surface area contributed by atoms with Gasteiger partial charge in [0.1, 0.15) is 5.82 Å². The second kappa shape index (κ2) is 11.9. The van der Waals surface area contributed by atoms with E-state index in [1.807, 2.05) is 80.7 Å². The second-order valence-corrected chi connectivity index (χ2v) is 12.7. The quantitative estimate of drug-likeness (QED) is 0.258. The molecule has 8 nitrogen and oxygen atoms in total. The molecule has 5 N–H and O–H groups in total. The number of rotatable bonds is 8. The molecule has 5 rings (SSSR count). The average Bonchev–Trinajstić information content (AvgIpc) is 2.94. The molecule has 2 aliphatic carbocycles. The van der Waals surface area contributed by atoms with E-state index in [4.69, 9.17) is 10.5 Å². The molecule has 2 aliphatic rings. The lowest BCUT2D eigenvalue weighted by Gasteiger charge is -2.49. The molecule has 222 valence electrons. The van der Waals surface area contributed by atoms with Crippen molar-refractivity contribution in [1.82, 2.24) is 10.3 Å². The van der Waals surface area contributed by atoms with Gasteiger partial charge in [-0.2, -0.15) is 0 Å². The third-order valence-electron chi connectivity index (χ3n) is 8.78. The number of pyridine rings is 1. The van der Waals surface area contributed by atoms with Crippen LogP contribution in [-0.2, 0) is 15.1 Å². The summed E-state index contributed by atoms with van der Waals surface area (Å²) >= 11 is 0. The number of hydrogen-bond donors (Lipinski definition) is 4. The molecule has 1 aromatic heterocycles. The summed E-state index contributed by atoms with van der Waals surface area (Å²) in [7, 11) is 0. The standard InChI is InChI=1S/C34H42N4O4/c1-4-42-31(40)38-32(2)16-14-23(15-17-32)18-30(39)37-29-19-27(24-8-6-5-7-9-24)28(20-36-29)25-10-12-26(13-11-25)34(35)21-33(3,41)22-34/h5-13,19-20,23,41H,4,14-18,21-22,35H2,1-3H3,(H,38,40)(H,36,37,39). The van der Waals surface area contributed by atoms with E-state index in [1.54, 1.807) is 6.92 Å². The number of amides is 2. The van der Waals surface area contributed by atoms with Crippen LogP contribution in [0, 0.1) is 5.92 Å². The first-order valence-electron chi connectivity index (χ1n) is 14.9. The summed E-state index contributed by atoms with van der Waals surface area (Å²) in [5.41, 5.74) is 9.99. The van der Waals surface area contributed by atoms with Crippen LogP contribution in [0.2, 0.25) is 0 Å². The van der Waals surface area contributed by atoms with Crippen molar-refractivity contribution in [2.75, 3.05) is 11.9 Å². The highest BCUT2D eigenvalue weighted by Crippen LogP contribution is 2.46. The molecule has 0 aliphatic heterocycles. The van der Waals surface area contributed by atoms with Crippen LogP contribution in [0.5, 0.6) is 0 Å². The molecule has 3 aromatic rings. The molecule has 0 spiro atoms. The number of nitrogens with zero attached hydrogens (tertiary/aromatic N) is 1. The van der Waals surface area contributed by atoms with Gasteiger partial charge in [0.25, 0.3) is 0 Å². The minimum absolute atomic E-state index is 0.0600. The number of nitrogens with two attached hydrogens (primary N) is 1. The maximum atomic E-state index is 13.0. The van der Waals surface area contributed by atoms with Crippen LogP contribution in [0.1, 0.15) is 71.3 Å². The molecule has 2 amide bonds. The van der Waals surface area contributed by atoms with Gasteiger partial charge < -0.3 is 26.2 Å². The number of carbonyl (C=O) groups excluding carboxylic acids is 2. The molecule has 2 saturated carbocycles. The van der Waals surface area contributed by atoms with Crippen molar-refractivity contribution < 1.29 is 19.4 Å². The van der Waals surface area contributed by atoms with Gasteiger partial charge in [0.2, 0.25) is 5.91 Å². The minimum Gasteiger partial charge on any atom is -0.450 e. The first-order chi connectivity index (χ1) is 20.0. The fourth-order valence-corrected chi connectivity index (χ4v) is 6.62. The van der Waals surface area contributed by atoms with Gasteiger partial charge in [0.15, 0.2) is 0 Å². The minimum atomic E-state index is -0.711. The maximum absolute atomic E-state index is 13.0. The third kappa shape index (κ3) is 6.82. The molecule has 2 aromatic carbocycles. The van der Waals surface area contributed by atoms with Crippen molar-refractivity contribution >= 4 is 17.8 Å². The molecule has 0 atom stereocenters. The smallest absolute Gasteiger partial charge is 0.407 e. The lowest BCUT2D eigenvalue weighted by atomic mass is 9.63. The molecule has 8 heteroatoms. The largest absolute Gasteiger partial charge is 0.450 e. The van der Waals surface area contributed by atoms with Crippen molar-refractivity contribution in [2.45, 2.75) is 82.4 Å². The number of benzene rings is 2. The zero-order chi connectivity index (χ0) is 30.0. The van der Waals surface area contributed by atoms with Gasteiger partial charge >= 0.3 is 6.09 Å². The predicted octanol–water partition coefficient (Wildman–Crippen LogP) is 6.14. The van der Waals surface area contributed by atoms with E-state index in [0.717, 1.165) is 53.5 Å². The van der Waals surface area contributed by atoms with Gasteiger partial charge in [-0.05, 0) is 93.5 Å². The van der Waals surface area contributed by atoms with Gasteiger partial charge in [-0.1, -0.05) is 54.6 Å². The fraction of sp³-hybridized carbons (Fsp3) is 0.441. The molecule has 42 heavy (non-hydrogen) atoms. The molecule has 0 saturated heterocycles. The number of nitrogens with one attached hydrogen (secondary N) is 2. The Hall–Kier alpha value is -3.75. The Morgan fingerprint density at radius 2 is 1.64 bits per heavy atom. The fourth-order valence-electron chi connectivity index (χ4n) is 6.62. The number of ether oxygens (including phenoxy) is 1. The van der Waals surface area contributed by atoms with Crippen LogP contribution in [0.3, 0.4) is 0 Å². The summed E-state index contributed by atoms with van der Waals surface area (Å²) in [6.45, 7) is 5.99. The highest BCUT2D eigenvalue weighted by Gasteiger charge is 2.49. The molecule has 2 fully saturated rings. The normalized spacial score (nSPS) is 27.0. The van der Waals surface area contributed by atoms with E-state index in [0.29, 0.717) is 31.7 Å². The van der Waals surface area contributed by atoms with Crippen LogP contribution in [-0.4, -0.2) is 39.8 Å². The first-order valence-corrected chi connectivity index (χ1v) is 14.9. The number of aliphatic hydroxyl groups is 1. The number of carbonyl (C=O) groups is 2. The monoisotopic (exact) mass is 570 g/mol. The topological polar surface area (TPSA) is 127 Å². The number of alkyl carbamates (subject to hydrolysis) is 1. The summed E-state index contributed by atoms with van der Waals surface area (Å²) in [5.74, 6) is 0.704. The SMILES string of the molecule is CCOC(=O)NC1(C)CCC(CC(=O)Nc2cc(-c3ccccc3)c(-c3ccc(C4(N)CC(C)(O)C4)cc3)cn2)CC1.